The van der Waals surface area contributed by atoms with E-state index in [4.69, 9.17) is 41.9 Å². The van der Waals surface area contributed by atoms with E-state index in [-0.39, 0.29) is 293 Å². The van der Waals surface area contributed by atoms with Crippen molar-refractivity contribution in [1.29, 1.82) is 0 Å². The van der Waals surface area contributed by atoms with Gasteiger partial charge >= 0.3 is 248 Å². The van der Waals surface area contributed by atoms with Crippen LogP contribution in [-0.2, 0) is 72.6 Å². The summed E-state index contributed by atoms with van der Waals surface area (Å²) in [5.74, 6) is -2.16. The average Bonchev–Trinajstić information content (AvgIpc) is 1.64. The summed E-state index contributed by atoms with van der Waals surface area (Å²) < 4.78 is 116. The molecular formula is C34H32Br2N12Na8O28P6. The second-order valence-electron chi connectivity index (χ2n) is 16.1. The molecule has 2 fully saturated rings. The van der Waals surface area contributed by atoms with Crippen LogP contribution in [0.5, 0.6) is 0 Å². The Morgan fingerprint density at radius 3 is 1.28 bits per heavy atom. The summed E-state index contributed by atoms with van der Waals surface area (Å²) in [4.78, 5) is 139. The number of esters is 2. The molecule has 12 unspecified atom stereocenters. The van der Waals surface area contributed by atoms with E-state index in [1.165, 1.54) is 39.5 Å². The molecule has 2 saturated heterocycles. The molecule has 0 amide bonds. The number of aliphatic hydroxyl groups excluding tert-OH is 2. The van der Waals surface area contributed by atoms with Gasteiger partial charge in [-0.1, -0.05) is 31.9 Å². The molecule has 56 heteroatoms. The first kappa shape index (κ1) is 95.4. The molecule has 8 rings (SSSR count). The average molecular weight is 1590 g/mol. The van der Waals surface area contributed by atoms with Crippen molar-refractivity contribution < 1.29 is 368 Å². The summed E-state index contributed by atoms with van der Waals surface area (Å²) in [5, 5.41) is 22.0. The number of nitrogen functional groups attached to an aromatic ring is 4. The third kappa shape index (κ3) is 26.6. The molecule has 4 aromatic heterocycles. The first-order chi connectivity index (χ1) is 37.9. The van der Waals surface area contributed by atoms with Crippen LogP contribution in [0.4, 0.5) is 23.0 Å². The van der Waals surface area contributed by atoms with Crippen LogP contribution in [0.1, 0.15) is 33.2 Å². The maximum Gasteiger partial charge on any atom is 1.00 e. The van der Waals surface area contributed by atoms with Crippen LogP contribution in [0.15, 0.2) is 70.7 Å². The molecule has 12 atom stereocenters. The number of phosphoric ester groups is 2. The molecule has 2 aromatic carbocycles. The SMILES string of the molecule is Nc1ccc(Br)cc1C(=O)OC1C(COP(=O)([O-])OP(=O)([O-])OP(=O)([O-])[O-])OC(n2cnc3c(N)ncnc32)C1O.Nc1ccc(Br)cc1C(=O)OC1C(O)C(COP(=O)([O-])OP(=O)([O-])OP(=O)([O-])[O-])OC1n1cnc2c(N)ncnc21.[Na+].[Na+].[Na+].[Na+].[Na+].[Na+].[Na+].[Na+]. The molecule has 90 heavy (non-hydrogen) atoms. The Labute approximate surface area is 699 Å². The summed E-state index contributed by atoms with van der Waals surface area (Å²) >= 11 is 6.36. The third-order valence-electron chi connectivity index (χ3n) is 10.5. The van der Waals surface area contributed by atoms with Gasteiger partial charge in [-0.15, -0.1) is 0 Å². The van der Waals surface area contributed by atoms with Crippen molar-refractivity contribution in [3.05, 3.63) is 81.8 Å². The summed E-state index contributed by atoms with van der Waals surface area (Å²) in [7, 11) is -36.8. The smallest absolute Gasteiger partial charge is 0.790 e. The van der Waals surface area contributed by atoms with E-state index in [1.54, 1.807) is 6.07 Å². The molecule has 0 aliphatic carbocycles. The number of imidazole rings is 2. The largest absolute Gasteiger partial charge is 1.00 e. The van der Waals surface area contributed by atoms with Crippen LogP contribution < -0.4 is 299 Å². The van der Waals surface area contributed by atoms with Gasteiger partial charge in [-0.25, -0.2) is 48.1 Å². The number of rotatable bonds is 20. The topological polar surface area (TPSA) is 645 Å². The number of ether oxygens (including phenoxy) is 4. The Morgan fingerprint density at radius 2 is 0.878 bits per heavy atom. The first-order valence-corrected chi connectivity index (χ1v) is 31.8. The zero-order valence-electron chi connectivity index (χ0n) is 47.6. The van der Waals surface area contributed by atoms with Crippen molar-refractivity contribution in [3.8, 4) is 0 Å². The zero-order chi connectivity index (χ0) is 60.7. The van der Waals surface area contributed by atoms with Gasteiger partial charge in [0, 0.05) is 20.3 Å². The molecule has 0 bridgehead atoms. The van der Waals surface area contributed by atoms with Crippen molar-refractivity contribution in [1.82, 2.24) is 39.0 Å². The third-order valence-corrected chi connectivity index (χ3v) is 18.8. The molecule has 6 aromatic rings. The van der Waals surface area contributed by atoms with Gasteiger partial charge in [0.1, 0.15) is 48.1 Å². The Morgan fingerprint density at radius 1 is 0.511 bits per heavy atom. The van der Waals surface area contributed by atoms with Crippen LogP contribution in [0, 0.1) is 0 Å². The number of hydrogen-bond acceptors (Lipinski definition) is 38. The van der Waals surface area contributed by atoms with Crippen molar-refractivity contribution >= 4 is 136 Å². The van der Waals surface area contributed by atoms with E-state index in [2.05, 4.69) is 88.1 Å². The maximum atomic E-state index is 13.0. The summed E-state index contributed by atoms with van der Waals surface area (Å²) in [6, 6.07) is 8.52. The number of aromatic nitrogens is 8. The maximum absolute atomic E-state index is 13.0. The Balaban J connectivity index is 0. The Hall–Kier alpha value is 3.30. The van der Waals surface area contributed by atoms with Crippen molar-refractivity contribution in [2.45, 2.75) is 49.1 Å². The first-order valence-electron chi connectivity index (χ1n) is 21.4. The van der Waals surface area contributed by atoms with E-state index in [0.29, 0.717) is 8.95 Å². The van der Waals surface area contributed by atoms with E-state index >= 15 is 0 Å². The number of nitrogens with zero attached hydrogens (tertiary/aromatic N) is 8. The van der Waals surface area contributed by atoms with E-state index in [1.807, 2.05) is 0 Å². The minimum atomic E-state index is -6.25. The fourth-order valence-corrected chi connectivity index (χ4v) is 13.7. The van der Waals surface area contributed by atoms with Crippen molar-refractivity contribution in [3.63, 3.8) is 0 Å². The summed E-state index contributed by atoms with van der Waals surface area (Å²) in [6.07, 6.45) is -8.71. The quantitative estimate of drug-likeness (QED) is 0.0179. The van der Waals surface area contributed by atoms with Gasteiger partial charge in [0.25, 0.3) is 31.3 Å². The molecular weight excluding hydrogens is 1550 g/mol. The minimum absolute atomic E-state index is 0. The van der Waals surface area contributed by atoms with Gasteiger partial charge in [-0.2, -0.15) is 0 Å². The molecule has 0 spiro atoms. The summed E-state index contributed by atoms with van der Waals surface area (Å²) in [5.41, 5.74) is 23.3. The van der Waals surface area contributed by atoms with Gasteiger partial charge < -0.3 is 109 Å². The number of phosphoric acid groups is 6. The van der Waals surface area contributed by atoms with Crippen LogP contribution in [0.2, 0.25) is 0 Å². The van der Waals surface area contributed by atoms with Crippen LogP contribution >= 0.6 is 78.8 Å². The minimum Gasteiger partial charge on any atom is -0.790 e. The van der Waals surface area contributed by atoms with Gasteiger partial charge in [0.15, 0.2) is 47.6 Å². The van der Waals surface area contributed by atoms with Crippen molar-refractivity contribution in [2.24, 2.45) is 0 Å². The van der Waals surface area contributed by atoms with Crippen molar-refractivity contribution in [2.75, 3.05) is 36.1 Å². The second kappa shape index (κ2) is 39.6. The van der Waals surface area contributed by atoms with Gasteiger partial charge in [0.05, 0.1) is 52.6 Å². The van der Waals surface area contributed by atoms with Gasteiger partial charge in [0.2, 0.25) is 0 Å². The monoisotopic (exact) mass is 1580 g/mol. The van der Waals surface area contributed by atoms with Gasteiger partial charge in [-0.3, -0.25) is 36.0 Å². The number of carbonyl (C=O) groups excluding carboxylic acids is 2. The Bertz CT molecular complexity index is 3750. The van der Waals surface area contributed by atoms with Crippen LogP contribution in [0.25, 0.3) is 22.3 Å². The second-order valence-corrected chi connectivity index (χ2v) is 26.4. The zero-order valence-corrected chi connectivity index (χ0v) is 72.2. The molecule has 0 saturated carbocycles. The number of fused-ring (bicyclic) bond motifs is 2. The number of anilines is 4. The van der Waals surface area contributed by atoms with E-state index < -0.39 is 121 Å². The predicted octanol–water partition coefficient (Wildman–Crippen LogP) is -27.9. The van der Waals surface area contributed by atoms with Crippen LogP contribution in [0.3, 0.4) is 0 Å². The van der Waals surface area contributed by atoms with E-state index in [0.717, 1.165) is 25.3 Å². The standard InChI is InChI=1S/2C17H20BrN6O14P3.8Na/c18-7-1-2-9(19)8(3-7)17(26)36-13-10(4-34-40(30,31)38-41(32,33)37-39(27,28)29)35-16(12(13)25)24-6-23-11-14(20)21-5-22-15(11)24;18-7-1-2-9(19)8(3-7)17(26)36-13-12(25)10(4-34-40(30,31)38-41(32,33)37-39(27,28)29)35-16(13)24-6-23-11-14(20)21-5-22-15(11)24;;;;;;;;/h2*1-3,5-6,10,12-13,16,25H,4,19H2,(H,30,31)(H,32,33)(H2,20,21,22)(H2,27,28,29);;;;;;;;/q;;8*+1/p-8. The molecule has 40 nitrogen and oxygen atoms in total. The van der Waals surface area contributed by atoms with Gasteiger partial charge in [-0.05, 0) is 36.4 Å². The molecule has 0 radical (unpaired) electrons. The number of benzene rings is 2. The molecule has 10 N–H and O–H groups in total. The number of hydrogen-bond donors (Lipinski definition) is 6. The number of nitrogens with two attached hydrogens (primary N) is 4. The molecule has 2 aliphatic rings. The number of carbonyl (C=O) groups is 2. The van der Waals surface area contributed by atoms with Crippen LogP contribution in [-0.4, -0.2) is 111 Å². The predicted molar refractivity (Wildman–Crippen MR) is 257 cm³/mol. The molecule has 2 aliphatic heterocycles. The fraction of sp³-hybridized carbons (Fsp3) is 0.294. The summed E-state index contributed by atoms with van der Waals surface area (Å²) in [6.45, 7) is -2.34. The fourth-order valence-electron chi connectivity index (χ4n) is 7.23. The normalized spacial score (nSPS) is 22.0. The van der Waals surface area contributed by atoms with E-state index in [9.17, 15) is 86.3 Å². The number of aliphatic hydroxyl groups is 2. The molecule has 6 heterocycles. The molecule has 448 valence electrons. The Kier molecular flexibility index (Phi) is 42.0. The number of halogens is 2.